The lowest BCUT2D eigenvalue weighted by atomic mass is 9.79. The van der Waals surface area contributed by atoms with Gasteiger partial charge in [-0.2, -0.15) is 0 Å². The Hall–Kier alpha value is -3.94. The maximum Gasteiger partial charge on any atom is 0.433 e. The molecule has 2 aromatic carbocycles. The van der Waals surface area contributed by atoms with E-state index in [0.29, 0.717) is 17.8 Å². The summed E-state index contributed by atoms with van der Waals surface area (Å²) in [6.07, 6.45) is 0.797. The van der Waals surface area contributed by atoms with Crippen molar-refractivity contribution in [3.63, 3.8) is 0 Å². The van der Waals surface area contributed by atoms with E-state index in [2.05, 4.69) is 10.6 Å². The third kappa shape index (κ3) is 3.46. The zero-order chi connectivity index (χ0) is 21.5. The fraction of sp³-hybridized carbons (Fsp3) is 0.174. The van der Waals surface area contributed by atoms with Crippen molar-refractivity contribution in [1.29, 1.82) is 0 Å². The quantitative estimate of drug-likeness (QED) is 0.441. The summed E-state index contributed by atoms with van der Waals surface area (Å²) in [6, 6.07) is 15.8. The molecule has 5 rings (SSSR count). The maximum absolute atomic E-state index is 13.4. The van der Waals surface area contributed by atoms with Crippen LogP contribution in [0.5, 0.6) is 0 Å². The van der Waals surface area contributed by atoms with E-state index >= 15 is 0 Å². The van der Waals surface area contributed by atoms with Crippen molar-refractivity contribution in [2.45, 2.75) is 24.8 Å². The SMILES string of the molecule is O=C1C[C@H](c2ccc(F)cc2)CC2=C1[C@H](c1ccc([N+](=O)[O-])o1)Nc1ccccc1N2. The van der Waals surface area contributed by atoms with Crippen molar-refractivity contribution in [1.82, 2.24) is 0 Å². The zero-order valence-corrected chi connectivity index (χ0v) is 16.3. The van der Waals surface area contributed by atoms with E-state index in [1.807, 2.05) is 24.3 Å². The first-order valence-corrected chi connectivity index (χ1v) is 9.88. The molecule has 2 heterocycles. The third-order valence-electron chi connectivity index (χ3n) is 5.73. The van der Waals surface area contributed by atoms with Gasteiger partial charge in [0.15, 0.2) is 5.78 Å². The lowest BCUT2D eigenvalue weighted by Crippen LogP contribution is -2.26. The molecule has 0 spiro atoms. The standard InChI is InChI=1S/C23H18FN3O4/c24-15-7-5-13(6-8-15)14-11-18-22(19(28)12-14)23(20-9-10-21(31-20)27(29)30)26-17-4-2-1-3-16(17)25-18/h1-10,14,23,25-26H,11-12H2/t14-,23+/m1/s1. The van der Waals surface area contributed by atoms with Gasteiger partial charge in [-0.15, -0.1) is 0 Å². The molecule has 3 aromatic rings. The first-order valence-electron chi connectivity index (χ1n) is 9.88. The van der Waals surface area contributed by atoms with E-state index in [9.17, 15) is 19.3 Å². The number of benzene rings is 2. The number of nitrogens with zero attached hydrogens (tertiary/aromatic N) is 1. The lowest BCUT2D eigenvalue weighted by Gasteiger charge is -2.29. The maximum atomic E-state index is 13.4. The van der Waals surface area contributed by atoms with Gasteiger partial charge in [0.2, 0.25) is 0 Å². The van der Waals surface area contributed by atoms with Gasteiger partial charge in [-0.05, 0) is 48.2 Å². The molecule has 0 amide bonds. The molecule has 2 atom stereocenters. The molecule has 0 bridgehead atoms. The van der Waals surface area contributed by atoms with Gasteiger partial charge in [-0.3, -0.25) is 14.9 Å². The molecule has 0 fully saturated rings. The van der Waals surface area contributed by atoms with E-state index in [4.69, 9.17) is 4.42 Å². The Kier molecular flexibility index (Phi) is 4.54. The van der Waals surface area contributed by atoms with Crippen molar-refractivity contribution in [3.05, 3.63) is 99.2 Å². The second-order valence-electron chi connectivity index (χ2n) is 7.65. The molecule has 0 saturated heterocycles. The topological polar surface area (TPSA) is 97.4 Å². The number of Topliss-reactive ketones (excluding diaryl/α,β-unsaturated/α-hetero) is 1. The summed E-state index contributed by atoms with van der Waals surface area (Å²) in [6.45, 7) is 0. The number of nitrogens with one attached hydrogen (secondary N) is 2. The third-order valence-corrected chi connectivity index (χ3v) is 5.73. The first kappa shape index (κ1) is 19.0. The normalized spacial score (nSPS) is 20.2. The van der Waals surface area contributed by atoms with Gasteiger partial charge < -0.3 is 15.1 Å². The van der Waals surface area contributed by atoms with Crippen LogP contribution in [-0.2, 0) is 4.79 Å². The van der Waals surface area contributed by atoms with Crippen molar-refractivity contribution in [2.24, 2.45) is 0 Å². The Morgan fingerprint density at radius 3 is 2.45 bits per heavy atom. The fourth-order valence-corrected chi connectivity index (χ4v) is 4.27. The predicted octanol–water partition coefficient (Wildman–Crippen LogP) is 5.31. The second kappa shape index (κ2) is 7.39. The van der Waals surface area contributed by atoms with Crippen LogP contribution in [0.1, 0.15) is 36.1 Å². The number of ketones is 1. The summed E-state index contributed by atoms with van der Waals surface area (Å²) in [4.78, 5) is 23.8. The number of hydrogen-bond donors (Lipinski definition) is 2. The summed E-state index contributed by atoms with van der Waals surface area (Å²) in [5.41, 5.74) is 3.67. The Morgan fingerprint density at radius 1 is 1.00 bits per heavy atom. The van der Waals surface area contributed by atoms with Gasteiger partial charge in [0.1, 0.15) is 22.5 Å². The number of carbonyl (C=O) groups excluding carboxylic acids is 1. The van der Waals surface area contributed by atoms with Crippen molar-refractivity contribution >= 4 is 23.0 Å². The number of hydrogen-bond acceptors (Lipinski definition) is 6. The minimum absolute atomic E-state index is 0.0903. The van der Waals surface area contributed by atoms with Crippen LogP contribution in [-0.4, -0.2) is 10.7 Å². The summed E-state index contributed by atoms with van der Waals surface area (Å²) in [5, 5.41) is 17.8. The van der Waals surface area contributed by atoms with Gasteiger partial charge in [0.05, 0.1) is 17.4 Å². The Labute approximate surface area is 176 Å². The number of nitro groups is 1. The Morgan fingerprint density at radius 2 is 1.74 bits per heavy atom. The molecule has 7 nitrogen and oxygen atoms in total. The van der Waals surface area contributed by atoms with E-state index in [1.54, 1.807) is 12.1 Å². The number of allylic oxidation sites excluding steroid dienone is 1. The summed E-state index contributed by atoms with van der Waals surface area (Å²) < 4.78 is 18.8. The van der Waals surface area contributed by atoms with Gasteiger partial charge in [0.25, 0.3) is 0 Å². The number of carbonyl (C=O) groups is 1. The number of furan rings is 1. The largest absolute Gasteiger partial charge is 0.433 e. The van der Waals surface area contributed by atoms with Crippen LogP contribution in [0.2, 0.25) is 0 Å². The second-order valence-corrected chi connectivity index (χ2v) is 7.65. The van der Waals surface area contributed by atoms with Crippen LogP contribution in [0, 0.1) is 15.9 Å². The molecule has 1 aliphatic carbocycles. The monoisotopic (exact) mass is 419 g/mol. The van der Waals surface area contributed by atoms with E-state index in [0.717, 1.165) is 22.6 Å². The first-order chi connectivity index (χ1) is 15.0. The summed E-state index contributed by atoms with van der Waals surface area (Å²) in [7, 11) is 0. The highest BCUT2D eigenvalue weighted by Crippen LogP contribution is 2.44. The highest BCUT2D eigenvalue weighted by atomic mass is 19.1. The number of para-hydroxylation sites is 2. The summed E-state index contributed by atoms with van der Waals surface area (Å²) >= 11 is 0. The molecule has 2 N–H and O–H groups in total. The molecule has 31 heavy (non-hydrogen) atoms. The Bertz CT molecular complexity index is 1220. The highest BCUT2D eigenvalue weighted by Gasteiger charge is 2.37. The molecule has 0 unspecified atom stereocenters. The Balaban J connectivity index is 1.59. The number of rotatable bonds is 3. The number of anilines is 2. The minimum Gasteiger partial charge on any atom is -0.403 e. The van der Waals surface area contributed by atoms with Gasteiger partial charge in [-0.1, -0.05) is 24.3 Å². The van der Waals surface area contributed by atoms with Gasteiger partial charge >= 0.3 is 5.88 Å². The van der Waals surface area contributed by atoms with Crippen LogP contribution < -0.4 is 10.6 Å². The van der Waals surface area contributed by atoms with E-state index < -0.39 is 11.0 Å². The van der Waals surface area contributed by atoms with Crippen molar-refractivity contribution in [2.75, 3.05) is 10.6 Å². The molecule has 2 aliphatic rings. The minimum atomic E-state index is -0.665. The molecule has 1 aliphatic heterocycles. The average Bonchev–Trinajstić information content (AvgIpc) is 3.18. The molecule has 1 aromatic heterocycles. The van der Waals surface area contributed by atoms with Crippen LogP contribution in [0.25, 0.3) is 0 Å². The van der Waals surface area contributed by atoms with Crippen LogP contribution >= 0.6 is 0 Å². The smallest absolute Gasteiger partial charge is 0.403 e. The molecular weight excluding hydrogens is 401 g/mol. The molecule has 0 radical (unpaired) electrons. The van der Waals surface area contributed by atoms with Crippen LogP contribution in [0.3, 0.4) is 0 Å². The summed E-state index contributed by atoms with van der Waals surface area (Å²) in [5.74, 6) is -0.595. The van der Waals surface area contributed by atoms with Gasteiger partial charge in [0, 0.05) is 17.7 Å². The molecule has 8 heteroatoms. The lowest BCUT2D eigenvalue weighted by molar-refractivity contribution is -0.402. The van der Waals surface area contributed by atoms with Crippen LogP contribution in [0.15, 0.2) is 76.4 Å². The zero-order valence-electron chi connectivity index (χ0n) is 16.3. The molecule has 156 valence electrons. The van der Waals surface area contributed by atoms with Crippen molar-refractivity contribution < 1.29 is 18.5 Å². The van der Waals surface area contributed by atoms with Crippen molar-refractivity contribution in [3.8, 4) is 0 Å². The van der Waals surface area contributed by atoms with E-state index in [1.165, 1.54) is 24.3 Å². The van der Waals surface area contributed by atoms with Crippen LogP contribution in [0.4, 0.5) is 21.6 Å². The van der Waals surface area contributed by atoms with E-state index in [-0.39, 0.29) is 29.8 Å². The molecule has 0 saturated carbocycles. The van der Waals surface area contributed by atoms with Gasteiger partial charge in [-0.25, -0.2) is 4.39 Å². The highest BCUT2D eigenvalue weighted by molar-refractivity contribution is 6.01. The predicted molar refractivity (Wildman–Crippen MR) is 112 cm³/mol. The molecular formula is C23H18FN3O4. The number of halogens is 1. The fourth-order valence-electron chi connectivity index (χ4n) is 4.27. The number of fused-ring (bicyclic) bond motifs is 1. The average molecular weight is 419 g/mol.